The quantitative estimate of drug-likeness (QED) is 0.533. The average molecular weight is 377 g/mol. The first-order valence-electron chi connectivity index (χ1n) is 9.21. The molecule has 1 heterocycles. The van der Waals surface area contributed by atoms with E-state index in [-0.39, 0.29) is 16.9 Å². The number of amides is 1. The summed E-state index contributed by atoms with van der Waals surface area (Å²) in [4.78, 5) is 14.5. The molecule has 1 aliphatic rings. The number of hydrogen-bond donors (Lipinski definition) is 2. The Bertz CT molecular complexity index is 1060. The number of phenolic OH excluding ortho intramolecular Hbond substituents is 1. The fourth-order valence-corrected chi connectivity index (χ4v) is 3.42. The minimum Gasteiger partial charge on any atom is -0.507 e. The van der Waals surface area contributed by atoms with Crippen molar-refractivity contribution in [2.75, 3.05) is 18.0 Å². The van der Waals surface area contributed by atoms with Crippen molar-refractivity contribution in [3.05, 3.63) is 71.5 Å². The van der Waals surface area contributed by atoms with Gasteiger partial charge in [-0.3, -0.25) is 4.79 Å². The molecule has 1 fully saturated rings. The minimum absolute atomic E-state index is 0.112. The number of carbonyl (C=O) groups excluding carboxylic acids is 1. The lowest BCUT2D eigenvalue weighted by atomic mass is 10.1. The van der Waals surface area contributed by atoms with Crippen LogP contribution in [0.2, 0.25) is 0 Å². The van der Waals surface area contributed by atoms with E-state index in [0.717, 1.165) is 42.4 Å². The van der Waals surface area contributed by atoms with Crippen molar-refractivity contribution in [3.8, 4) is 5.75 Å². The topological polar surface area (TPSA) is 64.9 Å². The molecule has 4 rings (SSSR count). The molecule has 5 nitrogen and oxygen atoms in total. The SMILES string of the molecule is O=C(NN=Cc1ccc(N2CCCC2)cc1F)c1cc2ccccc2cc1O. The summed E-state index contributed by atoms with van der Waals surface area (Å²) < 4.78 is 14.3. The molecule has 0 aliphatic carbocycles. The molecule has 6 heteroatoms. The number of benzene rings is 3. The van der Waals surface area contributed by atoms with Crippen LogP contribution in [0.15, 0.2) is 59.7 Å². The van der Waals surface area contributed by atoms with Gasteiger partial charge in [-0.15, -0.1) is 0 Å². The fourth-order valence-electron chi connectivity index (χ4n) is 3.42. The molecule has 1 amide bonds. The summed E-state index contributed by atoms with van der Waals surface area (Å²) in [5.74, 6) is -1.09. The Labute approximate surface area is 162 Å². The normalized spacial score (nSPS) is 14.1. The molecule has 0 spiro atoms. The molecule has 1 saturated heterocycles. The third kappa shape index (κ3) is 3.67. The van der Waals surface area contributed by atoms with E-state index in [0.29, 0.717) is 0 Å². The lowest BCUT2D eigenvalue weighted by Crippen LogP contribution is -2.18. The van der Waals surface area contributed by atoms with Crippen molar-refractivity contribution in [1.29, 1.82) is 0 Å². The van der Waals surface area contributed by atoms with E-state index < -0.39 is 11.7 Å². The van der Waals surface area contributed by atoms with Gasteiger partial charge >= 0.3 is 0 Å². The van der Waals surface area contributed by atoms with Crippen LogP contribution in [0.1, 0.15) is 28.8 Å². The second-order valence-electron chi connectivity index (χ2n) is 6.82. The van der Waals surface area contributed by atoms with Gasteiger partial charge in [0, 0.05) is 24.3 Å². The number of anilines is 1. The van der Waals surface area contributed by atoms with Crippen LogP contribution in [0.25, 0.3) is 10.8 Å². The molecule has 0 bridgehead atoms. The molecule has 0 saturated carbocycles. The van der Waals surface area contributed by atoms with E-state index in [2.05, 4.69) is 15.4 Å². The van der Waals surface area contributed by atoms with Crippen LogP contribution in [0.5, 0.6) is 5.75 Å². The molecule has 28 heavy (non-hydrogen) atoms. The summed E-state index contributed by atoms with van der Waals surface area (Å²) >= 11 is 0. The van der Waals surface area contributed by atoms with Crippen molar-refractivity contribution < 1.29 is 14.3 Å². The molecule has 3 aromatic carbocycles. The lowest BCUT2D eigenvalue weighted by Gasteiger charge is -2.17. The first-order valence-corrected chi connectivity index (χ1v) is 9.21. The number of nitrogens with zero attached hydrogens (tertiary/aromatic N) is 2. The number of carbonyl (C=O) groups is 1. The molecule has 3 aromatic rings. The number of nitrogens with one attached hydrogen (secondary N) is 1. The van der Waals surface area contributed by atoms with E-state index in [4.69, 9.17) is 0 Å². The smallest absolute Gasteiger partial charge is 0.275 e. The maximum absolute atomic E-state index is 14.3. The predicted molar refractivity (Wildman–Crippen MR) is 109 cm³/mol. The maximum Gasteiger partial charge on any atom is 0.275 e. The van der Waals surface area contributed by atoms with Crippen LogP contribution >= 0.6 is 0 Å². The van der Waals surface area contributed by atoms with Gasteiger partial charge in [0.1, 0.15) is 11.6 Å². The van der Waals surface area contributed by atoms with Gasteiger partial charge in [-0.25, -0.2) is 9.82 Å². The summed E-state index contributed by atoms with van der Waals surface area (Å²) in [5.41, 5.74) is 3.60. The summed E-state index contributed by atoms with van der Waals surface area (Å²) in [6.45, 7) is 1.89. The number of halogens is 1. The molecule has 2 N–H and O–H groups in total. The number of phenols is 1. The van der Waals surface area contributed by atoms with Crippen LogP contribution in [-0.2, 0) is 0 Å². The van der Waals surface area contributed by atoms with E-state index >= 15 is 0 Å². The van der Waals surface area contributed by atoms with Crippen molar-refractivity contribution in [1.82, 2.24) is 5.43 Å². The van der Waals surface area contributed by atoms with E-state index in [1.807, 2.05) is 30.3 Å². The molecule has 0 atom stereocenters. The third-order valence-corrected chi connectivity index (χ3v) is 4.93. The Balaban J connectivity index is 1.47. The van der Waals surface area contributed by atoms with Crippen LogP contribution in [0.3, 0.4) is 0 Å². The zero-order chi connectivity index (χ0) is 19.5. The van der Waals surface area contributed by atoms with E-state index in [9.17, 15) is 14.3 Å². The number of hydrazone groups is 1. The number of aromatic hydroxyl groups is 1. The fraction of sp³-hybridized carbons (Fsp3) is 0.182. The highest BCUT2D eigenvalue weighted by molar-refractivity contribution is 6.01. The van der Waals surface area contributed by atoms with Crippen molar-refractivity contribution in [3.63, 3.8) is 0 Å². The lowest BCUT2D eigenvalue weighted by molar-refractivity contribution is 0.0952. The number of rotatable bonds is 4. The largest absolute Gasteiger partial charge is 0.507 e. The van der Waals surface area contributed by atoms with Gasteiger partial charge in [0.25, 0.3) is 5.91 Å². The Morgan fingerprint density at radius 2 is 1.79 bits per heavy atom. The number of hydrogen-bond acceptors (Lipinski definition) is 4. The predicted octanol–water partition coefficient (Wildman–Crippen LogP) is 4.05. The zero-order valence-electron chi connectivity index (χ0n) is 15.2. The van der Waals surface area contributed by atoms with Gasteiger partial charge in [0.2, 0.25) is 0 Å². The standard InChI is InChI=1S/C22H20FN3O2/c23-20-13-18(26-9-3-4-10-26)8-7-17(20)14-24-25-22(28)19-11-15-5-1-2-6-16(15)12-21(19)27/h1-2,5-8,11-14,27H,3-4,9-10H2,(H,25,28). The second-order valence-corrected chi connectivity index (χ2v) is 6.82. The summed E-state index contributed by atoms with van der Waals surface area (Å²) in [6, 6.07) is 15.5. The van der Waals surface area contributed by atoms with E-state index in [1.54, 1.807) is 12.1 Å². The molecule has 142 valence electrons. The van der Waals surface area contributed by atoms with E-state index in [1.165, 1.54) is 18.3 Å². The Hall–Kier alpha value is -3.41. The van der Waals surface area contributed by atoms with Gasteiger partial charge in [-0.05, 0) is 53.9 Å². The highest BCUT2D eigenvalue weighted by Gasteiger charge is 2.14. The first kappa shape index (κ1) is 18.0. The minimum atomic E-state index is -0.561. The maximum atomic E-state index is 14.3. The van der Waals surface area contributed by atoms with Gasteiger partial charge in [-0.1, -0.05) is 24.3 Å². The summed E-state index contributed by atoms with van der Waals surface area (Å²) in [5, 5.41) is 15.6. The number of fused-ring (bicyclic) bond motifs is 1. The van der Waals surface area contributed by atoms with Crippen molar-refractivity contribution >= 4 is 28.6 Å². The van der Waals surface area contributed by atoms with Crippen LogP contribution in [0.4, 0.5) is 10.1 Å². The van der Waals surface area contributed by atoms with Crippen LogP contribution < -0.4 is 10.3 Å². The Morgan fingerprint density at radius 1 is 1.07 bits per heavy atom. The Kier molecular flexibility index (Phi) is 4.93. The molecule has 0 aromatic heterocycles. The van der Waals surface area contributed by atoms with Gasteiger partial charge in [0.05, 0.1) is 11.8 Å². The van der Waals surface area contributed by atoms with Gasteiger partial charge in [0.15, 0.2) is 0 Å². The molecule has 0 radical (unpaired) electrons. The molecular weight excluding hydrogens is 357 g/mol. The van der Waals surface area contributed by atoms with Crippen LogP contribution in [-0.4, -0.2) is 30.3 Å². The van der Waals surface area contributed by atoms with Gasteiger partial charge < -0.3 is 10.0 Å². The molecule has 1 aliphatic heterocycles. The van der Waals surface area contributed by atoms with Crippen LogP contribution in [0, 0.1) is 5.82 Å². The zero-order valence-corrected chi connectivity index (χ0v) is 15.2. The highest BCUT2D eigenvalue weighted by atomic mass is 19.1. The molecule has 0 unspecified atom stereocenters. The Morgan fingerprint density at radius 3 is 2.50 bits per heavy atom. The van der Waals surface area contributed by atoms with Crippen molar-refractivity contribution in [2.45, 2.75) is 12.8 Å². The summed E-state index contributed by atoms with van der Waals surface area (Å²) in [6.07, 6.45) is 3.51. The summed E-state index contributed by atoms with van der Waals surface area (Å²) in [7, 11) is 0. The molecular formula is C22H20FN3O2. The monoisotopic (exact) mass is 377 g/mol. The first-order chi connectivity index (χ1) is 13.6. The third-order valence-electron chi connectivity index (χ3n) is 4.93. The second kappa shape index (κ2) is 7.68. The van der Waals surface area contributed by atoms with Gasteiger partial charge in [-0.2, -0.15) is 5.10 Å². The highest BCUT2D eigenvalue weighted by Crippen LogP contribution is 2.25. The van der Waals surface area contributed by atoms with Crippen molar-refractivity contribution in [2.24, 2.45) is 5.10 Å². The average Bonchev–Trinajstić information content (AvgIpc) is 3.23.